The van der Waals surface area contributed by atoms with E-state index in [2.05, 4.69) is 0 Å². The fourth-order valence-corrected chi connectivity index (χ4v) is 3.79. The van der Waals surface area contributed by atoms with Crippen LogP contribution in [0.2, 0.25) is 0 Å². The highest BCUT2D eigenvalue weighted by Crippen LogP contribution is 2.53. The van der Waals surface area contributed by atoms with E-state index in [0.29, 0.717) is 33.3 Å². The van der Waals surface area contributed by atoms with E-state index < -0.39 is 0 Å². The third kappa shape index (κ3) is 1.97. The molecule has 0 fully saturated rings. The molecule has 0 amide bonds. The summed E-state index contributed by atoms with van der Waals surface area (Å²) in [7, 11) is 4.89. The van der Waals surface area contributed by atoms with Crippen molar-refractivity contribution in [1.29, 1.82) is 0 Å². The second-order valence-corrected chi connectivity index (χ2v) is 6.28. The highest BCUT2D eigenvalue weighted by Gasteiger charge is 2.28. The number of benzene rings is 3. The zero-order valence-corrected chi connectivity index (χ0v) is 14.3. The van der Waals surface area contributed by atoms with Crippen molar-refractivity contribution in [3.63, 3.8) is 0 Å². The third-order valence-electron chi connectivity index (χ3n) is 4.94. The number of phenols is 3. The van der Waals surface area contributed by atoms with E-state index in [9.17, 15) is 15.3 Å². The molecule has 130 valence electrons. The highest BCUT2D eigenvalue weighted by molar-refractivity contribution is 6.23. The Morgan fingerprint density at radius 3 is 2.28 bits per heavy atom. The molecular weight excluding hydrogens is 322 g/mol. The van der Waals surface area contributed by atoms with Gasteiger partial charge in [0.25, 0.3) is 0 Å². The Bertz CT molecular complexity index is 1030. The fraction of sp³-hybridized carbons (Fsp3) is 0.263. The van der Waals surface area contributed by atoms with Crippen LogP contribution in [0.4, 0.5) is 5.69 Å². The van der Waals surface area contributed by atoms with Crippen LogP contribution in [-0.2, 0) is 6.42 Å². The smallest absolute Gasteiger partial charge is 0.166 e. The molecule has 0 atom stereocenters. The molecule has 3 N–H and O–H groups in total. The highest BCUT2D eigenvalue weighted by atomic mass is 16.5. The monoisotopic (exact) mass is 341 g/mol. The van der Waals surface area contributed by atoms with Crippen LogP contribution in [0.25, 0.3) is 21.5 Å². The average Bonchev–Trinajstić information content (AvgIpc) is 2.60. The summed E-state index contributed by atoms with van der Waals surface area (Å²) in [5.41, 5.74) is 1.62. The summed E-state index contributed by atoms with van der Waals surface area (Å²) in [6.07, 6.45) is 0.766. The molecule has 0 radical (unpaired) electrons. The first kappa shape index (κ1) is 15.5. The molecule has 6 heteroatoms. The van der Waals surface area contributed by atoms with Crippen molar-refractivity contribution in [2.75, 3.05) is 32.7 Å². The van der Waals surface area contributed by atoms with Crippen LogP contribution in [0.1, 0.15) is 5.56 Å². The topological polar surface area (TPSA) is 82.4 Å². The summed E-state index contributed by atoms with van der Waals surface area (Å²) < 4.78 is 10.8. The zero-order valence-electron chi connectivity index (χ0n) is 14.3. The Morgan fingerprint density at radius 1 is 0.880 bits per heavy atom. The molecule has 25 heavy (non-hydrogen) atoms. The lowest BCUT2D eigenvalue weighted by molar-refractivity contribution is 0.376. The summed E-state index contributed by atoms with van der Waals surface area (Å²) >= 11 is 0. The molecule has 0 aromatic heterocycles. The number of fused-ring (bicyclic) bond motifs is 2. The van der Waals surface area contributed by atoms with Gasteiger partial charge in [0.05, 0.1) is 19.9 Å². The maximum atomic E-state index is 10.9. The van der Waals surface area contributed by atoms with E-state index >= 15 is 0 Å². The third-order valence-corrected chi connectivity index (χ3v) is 4.94. The van der Waals surface area contributed by atoms with Crippen molar-refractivity contribution in [1.82, 2.24) is 0 Å². The maximum absolute atomic E-state index is 10.9. The second-order valence-electron chi connectivity index (χ2n) is 6.28. The van der Waals surface area contributed by atoms with Gasteiger partial charge in [-0.3, -0.25) is 0 Å². The van der Waals surface area contributed by atoms with Crippen molar-refractivity contribution >= 4 is 27.2 Å². The first-order valence-corrected chi connectivity index (χ1v) is 7.97. The van der Waals surface area contributed by atoms with Crippen molar-refractivity contribution < 1.29 is 24.8 Å². The average molecular weight is 341 g/mol. The van der Waals surface area contributed by atoms with Gasteiger partial charge in [-0.2, -0.15) is 0 Å². The number of likely N-dealkylation sites (N-methyl/N-ethyl adjacent to an activating group) is 1. The summed E-state index contributed by atoms with van der Waals surface area (Å²) in [5, 5.41) is 34.1. The standard InChI is InChI=1S/C19H19NO5/c1-20-5-4-9-6-13(25-3)19(23)16-14(9)17(20)18(22)11-7-10(21)8-12(24-2)15(11)16/h6-8,21-23H,4-5H2,1-3H3. The Hall–Kier alpha value is -3.02. The van der Waals surface area contributed by atoms with Gasteiger partial charge in [-0.1, -0.05) is 0 Å². The molecule has 1 aliphatic heterocycles. The molecule has 0 saturated carbocycles. The van der Waals surface area contributed by atoms with Crippen LogP contribution < -0.4 is 14.4 Å². The minimum absolute atomic E-state index is 0.00760. The molecular formula is C19H19NO5. The lowest BCUT2D eigenvalue weighted by Crippen LogP contribution is -2.24. The quantitative estimate of drug-likeness (QED) is 0.621. The Labute approximate surface area is 144 Å². The molecule has 4 rings (SSSR count). The fourth-order valence-electron chi connectivity index (χ4n) is 3.79. The van der Waals surface area contributed by atoms with E-state index in [1.807, 2.05) is 18.0 Å². The minimum Gasteiger partial charge on any atom is -0.508 e. The molecule has 6 nitrogen and oxygen atoms in total. The summed E-state index contributed by atoms with van der Waals surface area (Å²) in [6.45, 7) is 0.727. The first-order chi connectivity index (χ1) is 12.0. The van der Waals surface area contributed by atoms with Gasteiger partial charge in [-0.15, -0.1) is 0 Å². The number of phenolic OH excluding ortho intramolecular Hbond substituents is 3. The van der Waals surface area contributed by atoms with E-state index in [0.717, 1.165) is 23.9 Å². The Balaban J connectivity index is 2.37. The van der Waals surface area contributed by atoms with E-state index in [1.165, 1.54) is 26.4 Å². The van der Waals surface area contributed by atoms with Gasteiger partial charge in [0.2, 0.25) is 0 Å². The van der Waals surface area contributed by atoms with E-state index in [1.54, 1.807) is 0 Å². The molecule has 0 aliphatic carbocycles. The Kier molecular flexibility index (Phi) is 3.25. The van der Waals surface area contributed by atoms with Gasteiger partial charge in [0.1, 0.15) is 17.2 Å². The molecule has 0 unspecified atom stereocenters. The normalized spacial score (nSPS) is 13.5. The number of ether oxygens (including phenoxy) is 2. The van der Waals surface area contributed by atoms with Crippen LogP contribution in [0.15, 0.2) is 18.2 Å². The molecule has 0 spiro atoms. The molecule has 1 heterocycles. The van der Waals surface area contributed by atoms with Gasteiger partial charge >= 0.3 is 0 Å². The van der Waals surface area contributed by atoms with E-state index in [4.69, 9.17) is 9.47 Å². The minimum atomic E-state index is -0.0210. The molecule has 3 aromatic carbocycles. The van der Waals surface area contributed by atoms with Crippen LogP contribution in [0, 0.1) is 0 Å². The van der Waals surface area contributed by atoms with Gasteiger partial charge in [0.15, 0.2) is 11.5 Å². The maximum Gasteiger partial charge on any atom is 0.166 e. The first-order valence-electron chi connectivity index (χ1n) is 7.97. The molecule has 0 bridgehead atoms. The van der Waals surface area contributed by atoms with Crippen LogP contribution in [0.3, 0.4) is 0 Å². The predicted octanol–water partition coefficient (Wildman–Crippen LogP) is 3.12. The van der Waals surface area contributed by atoms with Crippen molar-refractivity contribution in [3.05, 3.63) is 23.8 Å². The number of hydrogen-bond donors (Lipinski definition) is 3. The van der Waals surface area contributed by atoms with E-state index in [-0.39, 0.29) is 17.2 Å². The largest absolute Gasteiger partial charge is 0.508 e. The van der Waals surface area contributed by atoms with Crippen molar-refractivity contribution in [2.45, 2.75) is 6.42 Å². The van der Waals surface area contributed by atoms with Gasteiger partial charge < -0.3 is 29.7 Å². The molecule has 0 saturated heterocycles. The van der Waals surface area contributed by atoms with Crippen molar-refractivity contribution in [2.24, 2.45) is 0 Å². The summed E-state index contributed by atoms with van der Waals surface area (Å²) in [5.74, 6) is 0.781. The molecule has 1 aliphatic rings. The van der Waals surface area contributed by atoms with Gasteiger partial charge in [-0.05, 0) is 24.1 Å². The molecule has 3 aromatic rings. The summed E-state index contributed by atoms with van der Waals surface area (Å²) in [4.78, 5) is 1.95. The number of nitrogens with zero attached hydrogens (tertiary/aromatic N) is 1. The van der Waals surface area contributed by atoms with Gasteiger partial charge in [-0.25, -0.2) is 0 Å². The van der Waals surface area contributed by atoms with Gasteiger partial charge in [0, 0.05) is 41.2 Å². The number of aromatic hydroxyl groups is 3. The van der Waals surface area contributed by atoms with Crippen LogP contribution in [0.5, 0.6) is 28.7 Å². The summed E-state index contributed by atoms with van der Waals surface area (Å²) in [6, 6.07) is 4.76. The SMILES string of the molecule is COc1cc2c3c(c(O)c4cc(O)cc(OC)c4c3c1O)N(C)CC2. The van der Waals surface area contributed by atoms with Crippen LogP contribution >= 0.6 is 0 Å². The Morgan fingerprint density at radius 2 is 1.60 bits per heavy atom. The number of hydrogen-bond acceptors (Lipinski definition) is 6. The van der Waals surface area contributed by atoms with Crippen molar-refractivity contribution in [3.8, 4) is 28.7 Å². The van der Waals surface area contributed by atoms with Crippen LogP contribution in [-0.4, -0.2) is 43.1 Å². The zero-order chi connectivity index (χ0) is 17.9. The number of rotatable bonds is 2. The number of anilines is 1. The number of methoxy groups -OCH3 is 2. The lowest BCUT2D eigenvalue weighted by atomic mass is 9.90. The predicted molar refractivity (Wildman–Crippen MR) is 96.5 cm³/mol. The lowest BCUT2D eigenvalue weighted by Gasteiger charge is -2.30. The second kappa shape index (κ2) is 5.24.